The molecule has 2 aromatic carbocycles. The lowest BCUT2D eigenvalue weighted by atomic mass is 9.85. The molecule has 1 fully saturated rings. The highest BCUT2D eigenvalue weighted by Gasteiger charge is 2.28. The van der Waals surface area contributed by atoms with E-state index in [9.17, 15) is 14.7 Å². The number of H-pyrrole nitrogens is 1. The van der Waals surface area contributed by atoms with Crippen molar-refractivity contribution in [2.75, 3.05) is 19.7 Å². The third kappa shape index (κ3) is 7.62. The molecule has 2 aromatic heterocycles. The van der Waals surface area contributed by atoms with Crippen molar-refractivity contribution in [1.29, 1.82) is 0 Å². The summed E-state index contributed by atoms with van der Waals surface area (Å²) in [7, 11) is 0. The van der Waals surface area contributed by atoms with Gasteiger partial charge in [-0.25, -0.2) is 0 Å². The van der Waals surface area contributed by atoms with Gasteiger partial charge >= 0.3 is 11.9 Å². The van der Waals surface area contributed by atoms with E-state index in [0.717, 1.165) is 41.7 Å². The molecule has 0 spiro atoms. The Morgan fingerprint density at radius 2 is 1.85 bits per heavy atom. The van der Waals surface area contributed by atoms with E-state index in [1.54, 1.807) is 0 Å². The van der Waals surface area contributed by atoms with Crippen molar-refractivity contribution < 1.29 is 29.6 Å². The van der Waals surface area contributed by atoms with Crippen molar-refractivity contribution in [3.05, 3.63) is 64.7 Å². The molecule has 0 bridgehead atoms. The van der Waals surface area contributed by atoms with Crippen molar-refractivity contribution in [3.8, 4) is 5.75 Å². The molecule has 5 rings (SSSR count). The SMILES string of the molecule is Cc1cc2c(OC[C@@H](O)CN3CC[C@@H](c4ccc5scc(C)c5c4)C[C@H]3C)cccc2[nH]1.O=C(O)CCC(=O)O. The third-order valence-electron chi connectivity index (χ3n) is 7.46. The van der Waals surface area contributed by atoms with E-state index in [-0.39, 0.29) is 12.8 Å². The van der Waals surface area contributed by atoms with Crippen molar-refractivity contribution in [2.24, 2.45) is 0 Å². The average Bonchev–Trinajstić information content (AvgIpc) is 3.49. The number of aliphatic hydroxyl groups is 1. The number of nitrogens with zero attached hydrogens (tertiary/aromatic N) is 1. The summed E-state index contributed by atoms with van der Waals surface area (Å²) in [5, 5.41) is 31.2. The van der Waals surface area contributed by atoms with Gasteiger partial charge in [0.1, 0.15) is 18.5 Å². The maximum atomic E-state index is 10.7. The van der Waals surface area contributed by atoms with Gasteiger partial charge < -0.3 is 25.0 Å². The second-order valence-electron chi connectivity index (χ2n) is 10.7. The Morgan fingerprint density at radius 3 is 2.55 bits per heavy atom. The van der Waals surface area contributed by atoms with Crippen molar-refractivity contribution in [2.45, 2.75) is 64.5 Å². The number of β-amino-alcohol motifs (C(OH)–C–C–N with tert-alkyl or cyclic N) is 1. The van der Waals surface area contributed by atoms with Crippen LogP contribution < -0.4 is 4.74 Å². The molecule has 214 valence electrons. The number of aliphatic carboxylic acids is 2. The van der Waals surface area contributed by atoms with E-state index in [1.165, 1.54) is 21.2 Å². The Morgan fingerprint density at radius 1 is 1.10 bits per heavy atom. The molecule has 0 amide bonds. The fraction of sp³-hybridized carbons (Fsp3) is 0.419. The molecule has 1 saturated heterocycles. The van der Waals surface area contributed by atoms with Gasteiger partial charge in [0.25, 0.3) is 0 Å². The van der Waals surface area contributed by atoms with Crippen LogP contribution in [0.5, 0.6) is 5.75 Å². The van der Waals surface area contributed by atoms with Crippen LogP contribution in [0.25, 0.3) is 21.0 Å². The summed E-state index contributed by atoms with van der Waals surface area (Å²) in [6, 6.07) is 15.6. The minimum Gasteiger partial charge on any atom is -0.490 e. The zero-order chi connectivity index (χ0) is 28.8. The number of carbonyl (C=O) groups is 2. The fourth-order valence-electron chi connectivity index (χ4n) is 5.34. The number of aryl methyl sites for hydroxylation is 2. The first-order chi connectivity index (χ1) is 19.1. The highest BCUT2D eigenvalue weighted by Crippen LogP contribution is 2.35. The number of fused-ring (bicyclic) bond motifs is 2. The maximum absolute atomic E-state index is 10.7. The van der Waals surface area contributed by atoms with Gasteiger partial charge in [-0.3, -0.25) is 14.5 Å². The van der Waals surface area contributed by atoms with Gasteiger partial charge in [0.2, 0.25) is 0 Å². The Balaban J connectivity index is 0.000000406. The Bertz CT molecular complexity index is 1450. The van der Waals surface area contributed by atoms with Crippen molar-refractivity contribution in [3.63, 3.8) is 0 Å². The molecule has 8 nitrogen and oxygen atoms in total. The number of rotatable bonds is 9. The van der Waals surface area contributed by atoms with Crippen LogP contribution in [0.1, 0.15) is 55.3 Å². The van der Waals surface area contributed by atoms with Crippen LogP contribution in [0.3, 0.4) is 0 Å². The first kappa shape index (κ1) is 29.6. The number of nitrogens with one attached hydrogen (secondary N) is 1. The van der Waals surface area contributed by atoms with Crippen LogP contribution in [-0.4, -0.2) is 69.0 Å². The van der Waals surface area contributed by atoms with Gasteiger partial charge in [-0.05, 0) is 98.3 Å². The molecule has 1 aliphatic rings. The van der Waals surface area contributed by atoms with Gasteiger partial charge in [-0.2, -0.15) is 0 Å². The quantitative estimate of drug-likeness (QED) is 0.198. The molecular formula is C31H38N2O6S. The van der Waals surface area contributed by atoms with Crippen molar-refractivity contribution >= 4 is 44.3 Å². The summed E-state index contributed by atoms with van der Waals surface area (Å²) in [5.41, 5.74) is 5.03. The summed E-state index contributed by atoms with van der Waals surface area (Å²) in [6.07, 6.45) is 1.16. The minimum absolute atomic E-state index is 0.296. The molecule has 3 atom stereocenters. The van der Waals surface area contributed by atoms with Gasteiger partial charge in [-0.1, -0.05) is 12.1 Å². The molecule has 0 radical (unpaired) electrons. The van der Waals surface area contributed by atoms with E-state index < -0.39 is 18.0 Å². The van der Waals surface area contributed by atoms with Crippen LogP contribution >= 0.6 is 11.3 Å². The van der Waals surface area contributed by atoms with Crippen LogP contribution in [0.2, 0.25) is 0 Å². The number of hydrogen-bond donors (Lipinski definition) is 4. The summed E-state index contributed by atoms with van der Waals surface area (Å²) in [5.74, 6) is -0.732. The first-order valence-electron chi connectivity index (χ1n) is 13.6. The summed E-state index contributed by atoms with van der Waals surface area (Å²) < 4.78 is 7.39. The van der Waals surface area contributed by atoms with Gasteiger partial charge in [0.05, 0.1) is 12.8 Å². The number of carboxylic acids is 2. The summed E-state index contributed by atoms with van der Waals surface area (Å²) in [6.45, 7) is 8.51. The second-order valence-corrected chi connectivity index (χ2v) is 11.6. The lowest BCUT2D eigenvalue weighted by Crippen LogP contribution is -2.45. The number of piperidine rings is 1. The Hall–Kier alpha value is -3.40. The van der Waals surface area contributed by atoms with E-state index in [4.69, 9.17) is 14.9 Å². The predicted octanol–water partition coefficient (Wildman–Crippen LogP) is 5.94. The summed E-state index contributed by atoms with van der Waals surface area (Å²) >= 11 is 1.83. The minimum atomic E-state index is -1.08. The molecule has 40 heavy (non-hydrogen) atoms. The number of aromatic amines is 1. The fourth-order valence-corrected chi connectivity index (χ4v) is 6.26. The number of aromatic nitrogens is 1. The van der Waals surface area contributed by atoms with Crippen LogP contribution in [-0.2, 0) is 9.59 Å². The van der Waals surface area contributed by atoms with E-state index in [2.05, 4.69) is 59.4 Å². The zero-order valence-corrected chi connectivity index (χ0v) is 24.0. The molecular weight excluding hydrogens is 528 g/mol. The molecule has 0 saturated carbocycles. The molecule has 9 heteroatoms. The zero-order valence-electron chi connectivity index (χ0n) is 23.2. The highest BCUT2D eigenvalue weighted by atomic mass is 32.1. The topological polar surface area (TPSA) is 123 Å². The highest BCUT2D eigenvalue weighted by molar-refractivity contribution is 7.17. The number of likely N-dealkylation sites (tertiary alicyclic amines) is 1. The van der Waals surface area contributed by atoms with Gasteiger partial charge in [0, 0.05) is 33.9 Å². The van der Waals surface area contributed by atoms with E-state index in [1.807, 2.05) is 30.4 Å². The average molecular weight is 567 g/mol. The maximum Gasteiger partial charge on any atom is 0.303 e. The molecule has 4 N–H and O–H groups in total. The first-order valence-corrected chi connectivity index (χ1v) is 14.5. The lowest BCUT2D eigenvalue weighted by molar-refractivity contribution is -0.143. The predicted molar refractivity (Wildman–Crippen MR) is 159 cm³/mol. The Kier molecular flexibility index (Phi) is 9.84. The second kappa shape index (κ2) is 13.3. The largest absolute Gasteiger partial charge is 0.490 e. The monoisotopic (exact) mass is 566 g/mol. The molecule has 0 unspecified atom stereocenters. The van der Waals surface area contributed by atoms with Crippen molar-refractivity contribution in [1.82, 2.24) is 9.88 Å². The standard InChI is InChI=1S/C27H32N2O2S.C4H6O4/c1-17-16-32-27-8-7-20(13-23(17)27)21-9-10-29(19(3)12-21)14-22(30)15-31-26-6-4-5-25-24(26)11-18(2)28-25;5-3(6)1-2-4(7)8/h4-8,11,13,16,19,21-22,28,30H,9-10,12,14-15H2,1-3H3;1-2H2,(H,5,6)(H,7,8)/t19-,21-,22+;/m1./s1. The number of benzene rings is 2. The van der Waals surface area contributed by atoms with Gasteiger partial charge in [-0.15, -0.1) is 11.3 Å². The van der Waals surface area contributed by atoms with Gasteiger partial charge in [0.15, 0.2) is 0 Å². The Labute approximate surface area is 238 Å². The number of hydrogen-bond acceptors (Lipinski definition) is 6. The number of carboxylic acid groups (broad SMARTS) is 2. The van der Waals surface area contributed by atoms with Crippen LogP contribution in [0, 0.1) is 13.8 Å². The normalized spacial score (nSPS) is 18.3. The lowest BCUT2D eigenvalue weighted by Gasteiger charge is -2.38. The molecule has 1 aliphatic heterocycles. The van der Waals surface area contributed by atoms with Crippen LogP contribution in [0.15, 0.2) is 47.8 Å². The third-order valence-corrected chi connectivity index (χ3v) is 8.55. The smallest absolute Gasteiger partial charge is 0.303 e. The van der Waals surface area contributed by atoms with E-state index >= 15 is 0 Å². The molecule has 4 aromatic rings. The summed E-state index contributed by atoms with van der Waals surface area (Å²) in [4.78, 5) is 25.0. The van der Waals surface area contributed by atoms with Crippen LogP contribution in [0.4, 0.5) is 0 Å². The van der Waals surface area contributed by atoms with E-state index in [0.29, 0.717) is 25.1 Å². The number of aliphatic hydroxyl groups excluding tert-OH is 1. The molecule has 0 aliphatic carbocycles. The number of thiophene rings is 1. The molecule has 3 heterocycles. The number of ether oxygens (including phenoxy) is 1.